The van der Waals surface area contributed by atoms with Crippen molar-refractivity contribution in [3.05, 3.63) is 77.6 Å². The second-order valence-corrected chi connectivity index (χ2v) is 11.8. The van der Waals surface area contributed by atoms with Gasteiger partial charge in [0.2, 0.25) is 17.9 Å². The van der Waals surface area contributed by atoms with Crippen molar-refractivity contribution >= 4 is 17.7 Å². The summed E-state index contributed by atoms with van der Waals surface area (Å²) < 4.78 is 79.0. The summed E-state index contributed by atoms with van der Waals surface area (Å²) in [7, 11) is 0. The molecule has 0 radical (unpaired) electrons. The molecule has 46 heavy (non-hydrogen) atoms. The Morgan fingerprint density at radius 1 is 1.07 bits per heavy atom. The number of halogens is 5. The summed E-state index contributed by atoms with van der Waals surface area (Å²) >= 11 is 0. The van der Waals surface area contributed by atoms with Gasteiger partial charge in [0.05, 0.1) is 11.4 Å². The smallest absolute Gasteiger partial charge is 0.429 e. The number of ether oxygens (including phenoxy) is 1. The van der Waals surface area contributed by atoms with Crippen molar-refractivity contribution in [2.24, 2.45) is 5.41 Å². The first-order valence-electron chi connectivity index (χ1n) is 14.5. The lowest BCUT2D eigenvalue weighted by Gasteiger charge is -2.39. The van der Waals surface area contributed by atoms with E-state index in [1.165, 1.54) is 35.1 Å². The quantitative estimate of drug-likeness (QED) is 0.232. The van der Waals surface area contributed by atoms with Gasteiger partial charge in [-0.3, -0.25) is 4.79 Å². The van der Waals surface area contributed by atoms with E-state index in [9.17, 15) is 31.9 Å². The van der Waals surface area contributed by atoms with E-state index in [1.807, 2.05) is 4.90 Å². The largest absolute Gasteiger partial charge is 0.480 e. The number of aliphatic carboxylic acids is 1. The number of nitrogens with two attached hydrogens (primary N) is 1. The van der Waals surface area contributed by atoms with Gasteiger partial charge in [-0.15, -0.1) is 0 Å². The Labute approximate surface area is 260 Å². The maximum atomic E-state index is 14.7. The molecule has 1 spiro atoms. The van der Waals surface area contributed by atoms with Crippen molar-refractivity contribution < 1.29 is 36.6 Å². The molecule has 6 rings (SSSR count). The number of anilines is 2. The molecule has 4 heterocycles. The van der Waals surface area contributed by atoms with Gasteiger partial charge >= 0.3 is 12.1 Å². The number of carboxylic acids is 1. The highest BCUT2D eigenvalue weighted by molar-refractivity contribution is 5.74. The number of nitrogens with one attached hydrogen (secondary N) is 1. The van der Waals surface area contributed by atoms with Crippen LogP contribution in [-0.4, -0.2) is 62.7 Å². The standard InChI is InChI=1S/C31H30F5N7O3/c1-17-4-7-43(41-17)24-12-18(19-10-20(32)13-21(33)11-19)2-3-22(24)27(31(34,35)36)46-26-14-25(39-29(37)40-26)42-8-5-30(6-9-42)15-23(28(44)45)38-16-30/h2-4,7,10-14,23,27,38H,5-6,8-9,15-16H2,1H3,(H,44,45)(H2,37,39,40)/t23-,27?/m0/s1. The fourth-order valence-electron chi connectivity index (χ4n) is 6.18. The molecular weight excluding hydrogens is 613 g/mol. The molecule has 0 aliphatic carbocycles. The van der Waals surface area contributed by atoms with Gasteiger partial charge in [0.1, 0.15) is 23.5 Å². The highest BCUT2D eigenvalue weighted by Crippen LogP contribution is 2.43. The topological polar surface area (TPSA) is 131 Å². The molecule has 2 aromatic carbocycles. The lowest BCUT2D eigenvalue weighted by atomic mass is 9.76. The molecule has 0 saturated carbocycles. The molecule has 2 atom stereocenters. The van der Waals surface area contributed by atoms with Gasteiger partial charge in [0.25, 0.3) is 0 Å². The summed E-state index contributed by atoms with van der Waals surface area (Å²) in [5, 5.41) is 16.7. The third-order valence-corrected chi connectivity index (χ3v) is 8.53. The second-order valence-electron chi connectivity index (χ2n) is 11.8. The van der Waals surface area contributed by atoms with Gasteiger partial charge in [0.15, 0.2) is 0 Å². The van der Waals surface area contributed by atoms with Crippen LogP contribution in [-0.2, 0) is 4.79 Å². The maximum Gasteiger partial charge on any atom is 0.429 e. The van der Waals surface area contributed by atoms with Gasteiger partial charge in [-0.2, -0.15) is 28.2 Å². The van der Waals surface area contributed by atoms with Crippen LogP contribution in [0.25, 0.3) is 16.8 Å². The van der Waals surface area contributed by atoms with Gasteiger partial charge in [-0.25, -0.2) is 13.5 Å². The molecule has 10 nitrogen and oxygen atoms in total. The van der Waals surface area contributed by atoms with Crippen LogP contribution in [0.4, 0.5) is 33.7 Å². The van der Waals surface area contributed by atoms with Crippen molar-refractivity contribution in [1.29, 1.82) is 0 Å². The Hall–Kier alpha value is -4.79. The minimum absolute atomic E-state index is 0.0222. The number of aryl methyl sites for hydroxylation is 1. The molecule has 15 heteroatoms. The number of alkyl halides is 3. The summed E-state index contributed by atoms with van der Waals surface area (Å²) in [4.78, 5) is 21.5. The molecule has 2 aliphatic rings. The molecule has 4 aromatic rings. The number of carboxylic acid groups (broad SMARTS) is 1. The van der Waals surface area contributed by atoms with Crippen LogP contribution in [0.2, 0.25) is 0 Å². The monoisotopic (exact) mass is 643 g/mol. The van der Waals surface area contributed by atoms with E-state index in [-0.39, 0.29) is 39.6 Å². The van der Waals surface area contributed by atoms with Gasteiger partial charge in [-0.05, 0) is 67.0 Å². The zero-order valence-electron chi connectivity index (χ0n) is 24.6. The van der Waals surface area contributed by atoms with E-state index in [1.54, 1.807) is 13.0 Å². The Balaban J connectivity index is 1.31. The van der Waals surface area contributed by atoms with E-state index in [0.717, 1.165) is 12.1 Å². The fourth-order valence-corrected chi connectivity index (χ4v) is 6.18. The Kier molecular flexibility index (Phi) is 8.04. The number of rotatable bonds is 7. The third kappa shape index (κ3) is 6.45. The lowest BCUT2D eigenvalue weighted by molar-refractivity contribution is -0.198. The van der Waals surface area contributed by atoms with Crippen molar-refractivity contribution in [2.45, 2.75) is 44.5 Å². The number of benzene rings is 2. The Bertz CT molecular complexity index is 1750. The number of nitrogens with zero attached hydrogens (tertiary/aromatic N) is 5. The van der Waals surface area contributed by atoms with Crippen LogP contribution in [0.3, 0.4) is 0 Å². The first-order valence-corrected chi connectivity index (χ1v) is 14.5. The Morgan fingerprint density at radius 3 is 2.39 bits per heavy atom. The molecule has 2 aromatic heterocycles. The molecule has 4 N–H and O–H groups in total. The highest BCUT2D eigenvalue weighted by Gasteiger charge is 2.46. The molecule has 1 unspecified atom stereocenters. The van der Waals surface area contributed by atoms with Crippen LogP contribution >= 0.6 is 0 Å². The summed E-state index contributed by atoms with van der Waals surface area (Å²) in [6, 6.07) is 9.00. The van der Waals surface area contributed by atoms with Crippen molar-refractivity contribution in [2.75, 3.05) is 30.3 Å². The number of hydrogen-bond acceptors (Lipinski definition) is 8. The van der Waals surface area contributed by atoms with Crippen LogP contribution < -0.4 is 20.7 Å². The van der Waals surface area contributed by atoms with E-state index in [0.29, 0.717) is 50.7 Å². The van der Waals surface area contributed by atoms with E-state index in [4.69, 9.17) is 10.5 Å². The number of hydrogen-bond donors (Lipinski definition) is 3. The van der Waals surface area contributed by atoms with Crippen molar-refractivity contribution in [3.63, 3.8) is 0 Å². The number of piperidine rings is 1. The zero-order chi connectivity index (χ0) is 32.8. The summed E-state index contributed by atoms with van der Waals surface area (Å²) in [6.07, 6.45) is -4.19. The van der Waals surface area contributed by atoms with Crippen LogP contribution in [0, 0.1) is 24.0 Å². The number of carbonyl (C=O) groups is 1. The predicted octanol–water partition coefficient (Wildman–Crippen LogP) is 5.21. The van der Waals surface area contributed by atoms with E-state index in [2.05, 4.69) is 20.4 Å². The van der Waals surface area contributed by atoms with Crippen LogP contribution in [0.15, 0.2) is 54.7 Å². The van der Waals surface area contributed by atoms with Gasteiger partial charge < -0.3 is 25.8 Å². The molecule has 242 valence electrons. The molecule has 2 fully saturated rings. The molecule has 2 aliphatic heterocycles. The second kappa shape index (κ2) is 11.9. The summed E-state index contributed by atoms with van der Waals surface area (Å²) in [6.45, 7) is 3.20. The normalized spacial score (nSPS) is 18.6. The lowest BCUT2D eigenvalue weighted by Crippen LogP contribution is -2.41. The first kappa shape index (κ1) is 31.2. The molecule has 2 saturated heterocycles. The number of aromatic nitrogens is 4. The average molecular weight is 644 g/mol. The minimum Gasteiger partial charge on any atom is -0.480 e. The minimum atomic E-state index is -4.93. The van der Waals surface area contributed by atoms with Crippen LogP contribution in [0.5, 0.6) is 5.88 Å². The Morgan fingerprint density at radius 2 is 1.78 bits per heavy atom. The molecular formula is C31H30F5N7O3. The maximum absolute atomic E-state index is 14.7. The highest BCUT2D eigenvalue weighted by atomic mass is 19.4. The zero-order valence-corrected chi connectivity index (χ0v) is 24.6. The van der Waals surface area contributed by atoms with Crippen LogP contribution in [0.1, 0.15) is 36.6 Å². The summed E-state index contributed by atoms with van der Waals surface area (Å²) in [5.41, 5.74) is 6.31. The molecule has 0 amide bonds. The van der Waals surface area contributed by atoms with Crippen molar-refractivity contribution in [1.82, 2.24) is 25.1 Å². The predicted molar refractivity (Wildman–Crippen MR) is 157 cm³/mol. The average Bonchev–Trinajstić information content (AvgIpc) is 3.61. The van der Waals surface area contributed by atoms with E-state index < -0.39 is 41.8 Å². The van der Waals surface area contributed by atoms with Gasteiger partial charge in [-0.1, -0.05) is 12.1 Å². The fraction of sp³-hybridized carbons (Fsp3) is 0.355. The van der Waals surface area contributed by atoms with Gasteiger partial charge in [0, 0.05) is 43.5 Å². The number of nitrogen functional groups attached to an aromatic ring is 1. The SMILES string of the molecule is Cc1ccn(-c2cc(-c3cc(F)cc(F)c3)ccc2C(Oc2cc(N3CCC4(CC3)CN[C@H](C(=O)O)C4)nc(N)n2)C(F)(F)F)n1. The molecule has 0 bridgehead atoms. The van der Waals surface area contributed by atoms with Crippen molar-refractivity contribution in [3.8, 4) is 22.7 Å². The van der Waals surface area contributed by atoms with E-state index >= 15 is 0 Å². The first-order chi connectivity index (χ1) is 21.8. The summed E-state index contributed by atoms with van der Waals surface area (Å²) in [5.74, 6) is -2.97. The third-order valence-electron chi connectivity index (χ3n) is 8.53.